The van der Waals surface area contributed by atoms with Gasteiger partial charge in [0, 0.05) is 48.4 Å². The molecule has 1 fully saturated rings. The second-order valence-corrected chi connectivity index (χ2v) is 9.05. The van der Waals surface area contributed by atoms with E-state index in [-0.39, 0.29) is 16.4 Å². The van der Waals surface area contributed by atoms with E-state index >= 15 is 0 Å². The normalized spacial score (nSPS) is 13.1. The minimum atomic E-state index is -2.98. The monoisotopic (exact) mass is 542 g/mol. The van der Waals surface area contributed by atoms with Crippen LogP contribution >= 0.6 is 11.6 Å². The number of anilines is 2. The van der Waals surface area contributed by atoms with E-state index in [0.29, 0.717) is 30.3 Å². The van der Waals surface area contributed by atoms with E-state index in [0.717, 1.165) is 43.4 Å². The summed E-state index contributed by atoms with van der Waals surface area (Å²) in [6.07, 6.45) is 6.19. The van der Waals surface area contributed by atoms with Gasteiger partial charge in [0.25, 0.3) is 12.3 Å². The van der Waals surface area contributed by atoms with Crippen LogP contribution < -0.4 is 10.2 Å². The summed E-state index contributed by atoms with van der Waals surface area (Å²) in [6, 6.07) is 2.08. The maximum Gasteiger partial charge on any atom is 0.276 e. The van der Waals surface area contributed by atoms with E-state index in [1.54, 1.807) is 30.2 Å². The highest BCUT2D eigenvalue weighted by molar-refractivity contribution is 6.31. The molecule has 1 saturated heterocycles. The molecular weight excluding hydrogens is 521 g/mol. The van der Waals surface area contributed by atoms with Crippen molar-refractivity contribution in [3.8, 4) is 11.3 Å². The Balaban J connectivity index is 1.35. The standard InChI is InChI=1S/C25H22ClF3N8O/c1-2-18-22(35-19(11-30-18)20-16(23(28)29)4-5-17(26)21(20)27)24(38)34-15-10-33-37(13-15)12-14-8-31-25(32-9-14)36-6-3-7-36/h4-5,8-11,13,23H,2-3,6-7,12H2,1H3,(H,34,38). The average molecular weight is 543 g/mol. The lowest BCUT2D eigenvalue weighted by atomic mass is 10.0. The number of alkyl halides is 2. The highest BCUT2D eigenvalue weighted by atomic mass is 35.5. The highest BCUT2D eigenvalue weighted by Gasteiger charge is 2.24. The summed E-state index contributed by atoms with van der Waals surface area (Å²) in [6.45, 7) is 4.06. The molecule has 0 atom stereocenters. The van der Waals surface area contributed by atoms with Crippen molar-refractivity contribution in [2.45, 2.75) is 32.7 Å². The summed E-state index contributed by atoms with van der Waals surface area (Å²) in [5, 5.41) is 6.60. The van der Waals surface area contributed by atoms with Crippen LogP contribution in [0.5, 0.6) is 0 Å². The molecule has 0 saturated carbocycles. The molecule has 1 N–H and O–H groups in total. The third kappa shape index (κ3) is 5.17. The van der Waals surface area contributed by atoms with Crippen LogP contribution in [0, 0.1) is 5.82 Å². The van der Waals surface area contributed by atoms with Crippen LogP contribution in [0.25, 0.3) is 11.3 Å². The molecule has 0 unspecified atom stereocenters. The average Bonchev–Trinajstić information content (AvgIpc) is 3.31. The predicted molar refractivity (Wildman–Crippen MR) is 135 cm³/mol. The molecule has 1 amide bonds. The Hall–Kier alpha value is -4.06. The summed E-state index contributed by atoms with van der Waals surface area (Å²) in [5.41, 5.74) is 0.100. The Morgan fingerprint density at radius 1 is 1.13 bits per heavy atom. The maximum atomic E-state index is 14.8. The molecule has 0 aliphatic carbocycles. The Morgan fingerprint density at radius 2 is 1.89 bits per heavy atom. The third-order valence-corrected chi connectivity index (χ3v) is 6.37. The van der Waals surface area contributed by atoms with Crippen LogP contribution in [0.15, 0.2) is 43.1 Å². The number of benzene rings is 1. The van der Waals surface area contributed by atoms with Gasteiger partial charge in [-0.15, -0.1) is 0 Å². The Bertz CT molecular complexity index is 1470. The quantitative estimate of drug-likeness (QED) is 0.337. The fourth-order valence-corrected chi connectivity index (χ4v) is 4.14. The molecule has 1 aliphatic rings. The van der Waals surface area contributed by atoms with Crippen molar-refractivity contribution in [3.05, 3.63) is 76.5 Å². The van der Waals surface area contributed by atoms with E-state index < -0.39 is 29.3 Å². The SMILES string of the molecule is CCc1ncc(-c2c(C(F)F)ccc(Cl)c2F)nc1C(=O)Nc1cnn(Cc2cnc(N3CCC3)nc2)c1. The Morgan fingerprint density at radius 3 is 2.55 bits per heavy atom. The molecule has 196 valence electrons. The molecule has 4 heterocycles. The van der Waals surface area contributed by atoms with Crippen molar-refractivity contribution >= 4 is 29.1 Å². The maximum absolute atomic E-state index is 14.8. The molecule has 13 heteroatoms. The highest BCUT2D eigenvalue weighted by Crippen LogP contribution is 2.35. The molecule has 3 aromatic heterocycles. The summed E-state index contributed by atoms with van der Waals surface area (Å²) in [5.74, 6) is -1.00. The van der Waals surface area contributed by atoms with Crippen molar-refractivity contribution in [2.75, 3.05) is 23.3 Å². The van der Waals surface area contributed by atoms with Gasteiger partial charge in [-0.1, -0.05) is 24.6 Å². The van der Waals surface area contributed by atoms with Gasteiger partial charge in [0.05, 0.1) is 41.0 Å². The number of nitrogens with zero attached hydrogens (tertiary/aromatic N) is 7. The first kappa shape index (κ1) is 25.6. The van der Waals surface area contributed by atoms with Gasteiger partial charge in [-0.25, -0.2) is 28.1 Å². The zero-order chi connectivity index (χ0) is 26.8. The van der Waals surface area contributed by atoms with Crippen molar-refractivity contribution < 1.29 is 18.0 Å². The van der Waals surface area contributed by atoms with Crippen molar-refractivity contribution in [1.29, 1.82) is 0 Å². The molecule has 1 aromatic carbocycles. The molecule has 0 spiro atoms. The minimum Gasteiger partial charge on any atom is -0.341 e. The molecule has 5 rings (SSSR count). The summed E-state index contributed by atoms with van der Waals surface area (Å²) < 4.78 is 43.6. The van der Waals surface area contributed by atoms with E-state index in [2.05, 4.69) is 35.3 Å². The number of aromatic nitrogens is 6. The molecule has 0 bridgehead atoms. The number of carbonyl (C=O) groups is 1. The summed E-state index contributed by atoms with van der Waals surface area (Å²) in [4.78, 5) is 32.3. The Labute approximate surface area is 220 Å². The molecule has 38 heavy (non-hydrogen) atoms. The number of hydrogen-bond donors (Lipinski definition) is 1. The van der Waals surface area contributed by atoms with Crippen molar-refractivity contribution in [3.63, 3.8) is 0 Å². The van der Waals surface area contributed by atoms with E-state index in [1.165, 1.54) is 6.20 Å². The van der Waals surface area contributed by atoms with Crippen LogP contribution in [0.1, 0.15) is 47.1 Å². The van der Waals surface area contributed by atoms with Gasteiger partial charge in [-0.2, -0.15) is 5.10 Å². The van der Waals surface area contributed by atoms with Crippen molar-refractivity contribution in [1.82, 2.24) is 29.7 Å². The Kier molecular flexibility index (Phi) is 7.23. The van der Waals surface area contributed by atoms with Gasteiger partial charge >= 0.3 is 0 Å². The van der Waals surface area contributed by atoms with E-state index in [4.69, 9.17) is 11.6 Å². The summed E-state index contributed by atoms with van der Waals surface area (Å²) in [7, 11) is 0. The predicted octanol–water partition coefficient (Wildman–Crippen LogP) is 4.93. The van der Waals surface area contributed by atoms with Crippen LogP contribution in [-0.2, 0) is 13.0 Å². The third-order valence-electron chi connectivity index (χ3n) is 6.08. The fourth-order valence-electron chi connectivity index (χ4n) is 3.98. The van der Waals surface area contributed by atoms with Crippen LogP contribution in [-0.4, -0.2) is 48.7 Å². The molecule has 0 radical (unpaired) electrons. The topological polar surface area (TPSA) is 102 Å². The fraction of sp³-hybridized carbons (Fsp3) is 0.280. The van der Waals surface area contributed by atoms with Crippen LogP contribution in [0.4, 0.5) is 24.8 Å². The van der Waals surface area contributed by atoms with Gasteiger partial charge in [-0.3, -0.25) is 14.5 Å². The zero-order valence-corrected chi connectivity index (χ0v) is 21.0. The second kappa shape index (κ2) is 10.7. The van der Waals surface area contributed by atoms with Gasteiger partial charge in [0.15, 0.2) is 11.5 Å². The van der Waals surface area contributed by atoms with Gasteiger partial charge < -0.3 is 10.2 Å². The number of hydrogen-bond acceptors (Lipinski definition) is 7. The first-order chi connectivity index (χ1) is 18.3. The number of nitrogens with one attached hydrogen (secondary N) is 1. The first-order valence-corrected chi connectivity index (χ1v) is 12.2. The van der Waals surface area contributed by atoms with E-state index in [9.17, 15) is 18.0 Å². The summed E-state index contributed by atoms with van der Waals surface area (Å²) >= 11 is 5.83. The largest absolute Gasteiger partial charge is 0.341 e. The zero-order valence-electron chi connectivity index (χ0n) is 20.2. The molecular formula is C25H22ClF3N8O. The van der Waals surface area contributed by atoms with Gasteiger partial charge in [-0.05, 0) is 18.9 Å². The lowest BCUT2D eigenvalue weighted by Crippen LogP contribution is -2.38. The van der Waals surface area contributed by atoms with E-state index in [1.807, 2.05) is 0 Å². The smallest absolute Gasteiger partial charge is 0.276 e. The van der Waals surface area contributed by atoms with Crippen LogP contribution in [0.2, 0.25) is 5.02 Å². The number of carbonyl (C=O) groups excluding carboxylic acids is 1. The second-order valence-electron chi connectivity index (χ2n) is 8.64. The number of aryl methyl sites for hydroxylation is 1. The van der Waals surface area contributed by atoms with Crippen molar-refractivity contribution in [2.24, 2.45) is 0 Å². The lowest BCUT2D eigenvalue weighted by molar-refractivity contribution is 0.102. The molecule has 1 aliphatic heterocycles. The lowest BCUT2D eigenvalue weighted by Gasteiger charge is -2.30. The van der Waals surface area contributed by atoms with Gasteiger partial charge in [0.2, 0.25) is 5.95 Å². The molecule has 4 aromatic rings. The number of rotatable bonds is 8. The first-order valence-electron chi connectivity index (χ1n) is 11.9. The molecule has 9 nitrogen and oxygen atoms in total. The minimum absolute atomic E-state index is 0.118. The van der Waals surface area contributed by atoms with Gasteiger partial charge in [0.1, 0.15) is 0 Å². The van der Waals surface area contributed by atoms with Crippen LogP contribution in [0.3, 0.4) is 0 Å². The number of amides is 1. The number of halogens is 4.